The molecule has 2 aromatic carbocycles. The molecule has 18 heavy (non-hydrogen) atoms. The molecule has 0 aliphatic heterocycles. The van der Waals surface area contributed by atoms with Gasteiger partial charge in [0.15, 0.2) is 0 Å². The van der Waals surface area contributed by atoms with Crippen molar-refractivity contribution in [3.63, 3.8) is 0 Å². The Morgan fingerprint density at radius 1 is 1.17 bits per heavy atom. The molecule has 0 saturated carbocycles. The van der Waals surface area contributed by atoms with Crippen molar-refractivity contribution in [1.82, 2.24) is 0 Å². The van der Waals surface area contributed by atoms with Crippen LogP contribution in [0.3, 0.4) is 0 Å². The van der Waals surface area contributed by atoms with E-state index in [-0.39, 0.29) is 11.7 Å². The van der Waals surface area contributed by atoms with E-state index in [9.17, 15) is 9.90 Å². The molecule has 0 bridgehead atoms. The summed E-state index contributed by atoms with van der Waals surface area (Å²) in [5, 5.41) is 12.9. The van der Waals surface area contributed by atoms with Gasteiger partial charge in [-0.3, -0.25) is 4.79 Å². The van der Waals surface area contributed by atoms with E-state index < -0.39 is 0 Å². The van der Waals surface area contributed by atoms with Crippen molar-refractivity contribution in [2.24, 2.45) is 0 Å². The highest BCUT2D eigenvalue weighted by atomic mass is 35.5. The lowest BCUT2D eigenvalue weighted by atomic mass is 10.1. The number of hydrogen-bond donors (Lipinski definition) is 2. The van der Waals surface area contributed by atoms with E-state index in [0.717, 1.165) is 0 Å². The van der Waals surface area contributed by atoms with Crippen molar-refractivity contribution >= 4 is 23.2 Å². The Bertz CT molecular complexity index is 579. The standard InChI is InChI=1S/C14H12ClNO2/c1-9-12(3-2-4-13(9)17)14(18)16-11-7-5-10(15)6-8-11/h2-8,17H,1H3,(H,16,18). The molecule has 0 aliphatic carbocycles. The number of halogens is 1. The Hall–Kier alpha value is -2.00. The van der Waals surface area contributed by atoms with Crippen molar-refractivity contribution < 1.29 is 9.90 Å². The summed E-state index contributed by atoms with van der Waals surface area (Å²) in [6.45, 7) is 1.70. The minimum absolute atomic E-state index is 0.110. The van der Waals surface area contributed by atoms with Crippen molar-refractivity contribution in [2.45, 2.75) is 6.92 Å². The molecular formula is C14H12ClNO2. The summed E-state index contributed by atoms with van der Waals surface area (Å²) < 4.78 is 0. The molecule has 0 atom stereocenters. The highest BCUT2D eigenvalue weighted by molar-refractivity contribution is 6.30. The molecule has 0 fully saturated rings. The van der Waals surface area contributed by atoms with E-state index in [1.54, 1.807) is 49.4 Å². The molecule has 3 nitrogen and oxygen atoms in total. The third-order valence-corrected chi connectivity index (χ3v) is 2.90. The average Bonchev–Trinajstić information content (AvgIpc) is 2.35. The van der Waals surface area contributed by atoms with Gasteiger partial charge < -0.3 is 10.4 Å². The van der Waals surface area contributed by atoms with E-state index in [0.29, 0.717) is 21.8 Å². The molecule has 4 heteroatoms. The van der Waals surface area contributed by atoms with Gasteiger partial charge in [-0.1, -0.05) is 17.7 Å². The summed E-state index contributed by atoms with van der Waals surface area (Å²) in [4.78, 5) is 12.0. The van der Waals surface area contributed by atoms with Gasteiger partial charge in [-0.15, -0.1) is 0 Å². The fraction of sp³-hybridized carbons (Fsp3) is 0.0714. The minimum atomic E-state index is -0.259. The number of anilines is 1. The first-order valence-electron chi connectivity index (χ1n) is 5.43. The first kappa shape index (κ1) is 12.5. The molecule has 2 aromatic rings. The zero-order valence-corrected chi connectivity index (χ0v) is 10.5. The molecule has 0 aliphatic rings. The van der Waals surface area contributed by atoms with E-state index in [1.165, 1.54) is 0 Å². The number of aromatic hydroxyl groups is 1. The number of phenols is 1. The second-order valence-corrected chi connectivity index (χ2v) is 4.35. The van der Waals surface area contributed by atoms with Crippen LogP contribution < -0.4 is 5.32 Å². The topological polar surface area (TPSA) is 49.3 Å². The highest BCUT2D eigenvalue weighted by Gasteiger charge is 2.11. The lowest BCUT2D eigenvalue weighted by Crippen LogP contribution is -2.13. The smallest absolute Gasteiger partial charge is 0.256 e. The maximum absolute atomic E-state index is 12.0. The van der Waals surface area contributed by atoms with Crippen LogP contribution in [-0.4, -0.2) is 11.0 Å². The maximum atomic E-state index is 12.0. The number of carbonyl (C=O) groups excluding carboxylic acids is 1. The largest absolute Gasteiger partial charge is 0.508 e. The Kier molecular flexibility index (Phi) is 3.53. The van der Waals surface area contributed by atoms with Gasteiger partial charge in [0.1, 0.15) is 5.75 Å². The number of benzene rings is 2. The van der Waals surface area contributed by atoms with E-state index in [2.05, 4.69) is 5.32 Å². The zero-order chi connectivity index (χ0) is 13.1. The van der Waals surface area contributed by atoms with Gasteiger partial charge >= 0.3 is 0 Å². The number of hydrogen-bond acceptors (Lipinski definition) is 2. The van der Waals surface area contributed by atoms with Crippen LogP contribution in [-0.2, 0) is 0 Å². The van der Waals surface area contributed by atoms with Crippen LogP contribution in [0.4, 0.5) is 5.69 Å². The first-order chi connectivity index (χ1) is 8.58. The lowest BCUT2D eigenvalue weighted by molar-refractivity contribution is 0.102. The van der Waals surface area contributed by atoms with Crippen molar-refractivity contribution in [1.29, 1.82) is 0 Å². The summed E-state index contributed by atoms with van der Waals surface area (Å²) in [5.41, 5.74) is 1.67. The summed E-state index contributed by atoms with van der Waals surface area (Å²) in [5.74, 6) is -0.149. The van der Waals surface area contributed by atoms with Crippen LogP contribution >= 0.6 is 11.6 Å². The van der Waals surface area contributed by atoms with Crippen LogP contribution in [0.5, 0.6) is 5.75 Å². The highest BCUT2D eigenvalue weighted by Crippen LogP contribution is 2.21. The molecule has 0 heterocycles. The van der Waals surface area contributed by atoms with Crippen molar-refractivity contribution in [2.75, 3.05) is 5.32 Å². The van der Waals surface area contributed by atoms with Gasteiger partial charge in [-0.2, -0.15) is 0 Å². The fourth-order valence-corrected chi connectivity index (χ4v) is 1.73. The molecule has 1 amide bonds. The van der Waals surface area contributed by atoms with E-state index >= 15 is 0 Å². The normalized spacial score (nSPS) is 10.1. The summed E-state index contributed by atoms with van der Waals surface area (Å²) >= 11 is 5.77. The Labute approximate surface area is 110 Å². The quantitative estimate of drug-likeness (QED) is 0.868. The molecule has 0 aromatic heterocycles. The first-order valence-corrected chi connectivity index (χ1v) is 5.81. The number of rotatable bonds is 2. The predicted octanol–water partition coefficient (Wildman–Crippen LogP) is 3.61. The van der Waals surface area contributed by atoms with Crippen LogP contribution in [0.25, 0.3) is 0 Å². The summed E-state index contributed by atoms with van der Waals surface area (Å²) in [7, 11) is 0. The number of nitrogens with one attached hydrogen (secondary N) is 1. The van der Waals surface area contributed by atoms with Crippen LogP contribution in [0, 0.1) is 6.92 Å². The van der Waals surface area contributed by atoms with Crippen molar-refractivity contribution in [3.05, 3.63) is 58.6 Å². The Morgan fingerprint density at radius 2 is 1.83 bits per heavy atom. The van der Waals surface area contributed by atoms with Gasteiger partial charge in [0.25, 0.3) is 5.91 Å². The minimum Gasteiger partial charge on any atom is -0.508 e. The molecule has 92 valence electrons. The van der Waals surface area contributed by atoms with Crippen LogP contribution in [0.15, 0.2) is 42.5 Å². The molecule has 2 rings (SSSR count). The molecule has 0 saturated heterocycles. The Balaban J connectivity index is 2.22. The molecule has 0 radical (unpaired) electrons. The van der Waals surface area contributed by atoms with Gasteiger partial charge in [0.05, 0.1) is 0 Å². The zero-order valence-electron chi connectivity index (χ0n) is 9.77. The number of amides is 1. The lowest BCUT2D eigenvalue weighted by Gasteiger charge is -2.08. The third kappa shape index (κ3) is 2.63. The van der Waals surface area contributed by atoms with Crippen LogP contribution in [0.1, 0.15) is 15.9 Å². The maximum Gasteiger partial charge on any atom is 0.256 e. The number of carbonyl (C=O) groups is 1. The van der Waals surface area contributed by atoms with Crippen molar-refractivity contribution in [3.8, 4) is 5.75 Å². The Morgan fingerprint density at radius 3 is 2.50 bits per heavy atom. The second kappa shape index (κ2) is 5.10. The number of phenolic OH excluding ortho intramolecular Hbond substituents is 1. The monoisotopic (exact) mass is 261 g/mol. The molecular weight excluding hydrogens is 250 g/mol. The molecule has 2 N–H and O–H groups in total. The summed E-state index contributed by atoms with van der Waals surface area (Å²) in [6.07, 6.45) is 0. The molecule has 0 unspecified atom stereocenters. The second-order valence-electron chi connectivity index (χ2n) is 3.91. The third-order valence-electron chi connectivity index (χ3n) is 2.65. The van der Waals surface area contributed by atoms with E-state index in [1.807, 2.05) is 0 Å². The van der Waals surface area contributed by atoms with Crippen LogP contribution in [0.2, 0.25) is 5.02 Å². The van der Waals surface area contributed by atoms with Gasteiger partial charge in [-0.25, -0.2) is 0 Å². The van der Waals surface area contributed by atoms with Gasteiger partial charge in [0, 0.05) is 21.8 Å². The summed E-state index contributed by atoms with van der Waals surface area (Å²) in [6, 6.07) is 11.7. The fourth-order valence-electron chi connectivity index (χ4n) is 1.60. The average molecular weight is 262 g/mol. The SMILES string of the molecule is Cc1c(O)cccc1C(=O)Nc1ccc(Cl)cc1. The van der Waals surface area contributed by atoms with E-state index in [4.69, 9.17) is 11.6 Å². The van der Waals surface area contributed by atoms with Gasteiger partial charge in [0.2, 0.25) is 0 Å². The molecule has 0 spiro atoms. The predicted molar refractivity (Wildman–Crippen MR) is 72.2 cm³/mol. The van der Waals surface area contributed by atoms with Gasteiger partial charge in [-0.05, 0) is 43.3 Å².